The number of likely N-dealkylation sites (N-methyl/N-ethyl adjacent to an activating group) is 1. The van der Waals surface area contributed by atoms with Crippen molar-refractivity contribution in [1.82, 2.24) is 24.5 Å². The number of nitrogens with zero attached hydrogens (tertiary/aromatic N) is 5. The molecule has 0 aromatic carbocycles. The van der Waals surface area contributed by atoms with E-state index in [9.17, 15) is 0 Å². The van der Waals surface area contributed by atoms with Crippen LogP contribution in [0, 0.1) is 35.5 Å². The molecule has 5 aliphatic heterocycles. The largest absolute Gasteiger partial charge is 0.333 e. The highest BCUT2D eigenvalue weighted by molar-refractivity contribution is 4.76. The fourth-order valence-electron chi connectivity index (χ4n) is 9.30. The molecule has 0 amide bonds. The van der Waals surface area contributed by atoms with Crippen molar-refractivity contribution in [3.05, 3.63) is 0 Å². The van der Waals surface area contributed by atoms with Crippen molar-refractivity contribution in [2.45, 2.75) is 180 Å². The molecule has 5 heterocycles. The van der Waals surface area contributed by atoms with Crippen molar-refractivity contribution in [3.63, 3.8) is 0 Å². The van der Waals surface area contributed by atoms with Crippen molar-refractivity contribution >= 4 is 0 Å². The van der Waals surface area contributed by atoms with Gasteiger partial charge in [-0.3, -0.25) is 9.80 Å². The molecule has 7 nitrogen and oxygen atoms in total. The lowest BCUT2D eigenvalue weighted by molar-refractivity contribution is -0.927. The molecule has 0 aliphatic carbocycles. The molecule has 2 N–H and O–H groups in total. The van der Waals surface area contributed by atoms with Gasteiger partial charge in [-0.25, -0.2) is 0 Å². The molecule has 0 unspecified atom stereocenters. The van der Waals surface area contributed by atoms with Crippen molar-refractivity contribution < 1.29 is 9.80 Å². The maximum absolute atomic E-state index is 2.60. The smallest absolute Gasteiger partial charge is 0.0902 e. The summed E-state index contributed by atoms with van der Waals surface area (Å²) in [6.45, 7) is 55.4. The van der Waals surface area contributed by atoms with Gasteiger partial charge < -0.3 is 24.5 Å². The zero-order valence-electron chi connectivity index (χ0n) is 41.7. The molecule has 0 atom stereocenters. The number of quaternary nitrogens is 2. The Morgan fingerprint density at radius 1 is 0.321 bits per heavy atom. The highest BCUT2D eigenvalue weighted by Gasteiger charge is 2.26. The minimum Gasteiger partial charge on any atom is -0.333 e. The van der Waals surface area contributed by atoms with Crippen LogP contribution in [0.5, 0.6) is 0 Å². The monoisotopic (exact) mass is 794 g/mol. The first kappa shape index (κ1) is 53.7. The van der Waals surface area contributed by atoms with E-state index in [1.807, 2.05) is 4.90 Å². The van der Waals surface area contributed by atoms with E-state index in [0.717, 1.165) is 65.7 Å². The fourth-order valence-corrected chi connectivity index (χ4v) is 9.30. The van der Waals surface area contributed by atoms with Gasteiger partial charge >= 0.3 is 0 Å². The minimum atomic E-state index is 0.730. The Hall–Kier alpha value is -0.280. The van der Waals surface area contributed by atoms with E-state index in [0.29, 0.717) is 0 Å². The quantitative estimate of drug-likeness (QED) is 0.284. The van der Waals surface area contributed by atoms with Gasteiger partial charge in [0.15, 0.2) is 0 Å². The van der Waals surface area contributed by atoms with E-state index >= 15 is 0 Å². The van der Waals surface area contributed by atoms with Crippen LogP contribution in [0.1, 0.15) is 149 Å². The molecule has 5 fully saturated rings. The minimum absolute atomic E-state index is 0.730. The number of piperazine rings is 2. The third-order valence-electron chi connectivity index (χ3n) is 14.6. The average Bonchev–Trinajstić information content (AvgIpc) is 3.16. The molecule has 5 saturated heterocycles. The second kappa shape index (κ2) is 29.1. The topological polar surface area (TPSA) is 25.1 Å². The summed E-state index contributed by atoms with van der Waals surface area (Å²) in [5.74, 6) is 5.68. The van der Waals surface area contributed by atoms with Gasteiger partial charge in [0.25, 0.3) is 0 Å². The SMILES string of the molecule is CC(C)C1CCN(C(C)C)CC1.CC(C)C1CCN(C)CC1.CC(C)C1CC[NH+](C(C)C)CC1.CC(C)N1CCN(C)CC1.CC(C)N1CC[NH+](C(C)C)CC1. The normalized spacial score (nSPS) is 25.0. The Morgan fingerprint density at radius 2 is 0.607 bits per heavy atom. The van der Waals surface area contributed by atoms with Crippen LogP contribution in [0.3, 0.4) is 0 Å². The molecule has 5 aliphatic rings. The first-order valence-corrected chi connectivity index (χ1v) is 24.5. The Balaban J connectivity index is 0.000000351. The van der Waals surface area contributed by atoms with E-state index < -0.39 is 0 Å². The van der Waals surface area contributed by atoms with Crippen LogP contribution in [0.4, 0.5) is 0 Å². The predicted octanol–water partition coefficient (Wildman–Crippen LogP) is 6.74. The number of hydrogen-bond donors (Lipinski definition) is 2. The van der Waals surface area contributed by atoms with E-state index in [2.05, 4.69) is 149 Å². The van der Waals surface area contributed by atoms with Gasteiger partial charge in [-0.2, -0.15) is 0 Å². The second-order valence-corrected chi connectivity index (χ2v) is 21.4. The first-order chi connectivity index (χ1) is 26.2. The Morgan fingerprint density at radius 3 is 0.946 bits per heavy atom. The molecule has 56 heavy (non-hydrogen) atoms. The number of piperidine rings is 3. The summed E-state index contributed by atoms with van der Waals surface area (Å²) in [4.78, 5) is 16.1. The van der Waals surface area contributed by atoms with Gasteiger partial charge in [0, 0.05) is 57.4 Å². The molecule has 7 heteroatoms. The van der Waals surface area contributed by atoms with Gasteiger partial charge in [-0.1, -0.05) is 41.5 Å². The van der Waals surface area contributed by atoms with Crippen LogP contribution in [-0.4, -0.2) is 160 Å². The third kappa shape index (κ3) is 22.4. The van der Waals surface area contributed by atoms with E-state index in [-0.39, 0.29) is 0 Å². The predicted molar refractivity (Wildman–Crippen MR) is 249 cm³/mol. The van der Waals surface area contributed by atoms with Gasteiger partial charge in [0.1, 0.15) is 0 Å². The van der Waals surface area contributed by atoms with Crippen LogP contribution in [0.2, 0.25) is 0 Å². The maximum atomic E-state index is 2.60. The molecule has 0 aromatic heterocycles. The summed E-state index contributed by atoms with van der Waals surface area (Å²) in [5, 5.41) is 0. The summed E-state index contributed by atoms with van der Waals surface area (Å²) in [5.41, 5.74) is 0. The molecule has 336 valence electrons. The van der Waals surface area contributed by atoms with Crippen LogP contribution in [0.25, 0.3) is 0 Å². The first-order valence-electron chi connectivity index (χ1n) is 24.5. The number of rotatable bonds is 8. The summed E-state index contributed by atoms with van der Waals surface area (Å²) in [6, 6.07) is 3.85. The summed E-state index contributed by atoms with van der Waals surface area (Å²) >= 11 is 0. The molecule has 0 spiro atoms. The lowest BCUT2D eigenvalue weighted by atomic mass is 9.86. The Labute approximate surface area is 354 Å². The standard InChI is InChI=1S/2C11H23N.C10H22N2.C9H19N.C8H18N2/c3*1-9(2)11-5-7-12(8-6-11)10(3)4;1-8(2)9-4-6-10(3)7-5-9;1-8(2)10-6-4-9(3)5-7-10/h2*9-11H,5-8H2,1-4H3;9-10H,5-8H2,1-4H3;8-9H,4-7H2,1-3H3;8H,4-7H2,1-3H3/p+2. The Bertz CT molecular complexity index is 743. The van der Waals surface area contributed by atoms with Crippen molar-refractivity contribution in [1.29, 1.82) is 0 Å². The Kier molecular flexibility index (Phi) is 27.9. The molecule has 0 bridgehead atoms. The lowest BCUT2D eigenvalue weighted by Crippen LogP contribution is -3.17. The molecule has 0 radical (unpaired) electrons. The fraction of sp³-hybridized carbons (Fsp3) is 1.00. The van der Waals surface area contributed by atoms with Gasteiger partial charge in [0.05, 0.1) is 38.3 Å². The maximum Gasteiger partial charge on any atom is 0.0902 e. The zero-order chi connectivity index (χ0) is 42.5. The number of likely N-dealkylation sites (tertiary alicyclic amines) is 3. The van der Waals surface area contributed by atoms with Gasteiger partial charge in [-0.15, -0.1) is 0 Å². The molecular formula is C49H107N7+2. The van der Waals surface area contributed by atoms with E-state index in [4.69, 9.17) is 0 Å². The van der Waals surface area contributed by atoms with Crippen LogP contribution in [-0.2, 0) is 0 Å². The summed E-state index contributed by atoms with van der Waals surface area (Å²) in [6.07, 6.45) is 8.55. The van der Waals surface area contributed by atoms with Gasteiger partial charge in [-0.05, 0) is 184 Å². The number of hydrogen-bond acceptors (Lipinski definition) is 5. The number of nitrogens with one attached hydrogen (secondary N) is 2. The molecule has 5 rings (SSSR count). The van der Waals surface area contributed by atoms with Crippen LogP contribution < -0.4 is 9.80 Å². The van der Waals surface area contributed by atoms with Crippen molar-refractivity contribution in [2.75, 3.05) is 106 Å². The lowest BCUT2D eigenvalue weighted by Gasteiger charge is -2.36. The van der Waals surface area contributed by atoms with E-state index in [1.165, 1.54) is 130 Å². The third-order valence-corrected chi connectivity index (χ3v) is 14.6. The summed E-state index contributed by atoms with van der Waals surface area (Å²) < 4.78 is 0. The average molecular weight is 794 g/mol. The van der Waals surface area contributed by atoms with Crippen molar-refractivity contribution in [3.8, 4) is 0 Å². The molecule has 0 aromatic rings. The summed E-state index contributed by atoms with van der Waals surface area (Å²) in [7, 11) is 4.41. The van der Waals surface area contributed by atoms with Crippen LogP contribution >= 0.6 is 0 Å². The second-order valence-electron chi connectivity index (χ2n) is 21.4. The zero-order valence-corrected chi connectivity index (χ0v) is 41.7. The van der Waals surface area contributed by atoms with Crippen LogP contribution in [0.15, 0.2) is 0 Å². The van der Waals surface area contributed by atoms with E-state index in [1.54, 1.807) is 4.90 Å². The molecular weight excluding hydrogens is 687 g/mol. The van der Waals surface area contributed by atoms with Gasteiger partial charge in [0.2, 0.25) is 0 Å². The highest BCUT2D eigenvalue weighted by Crippen LogP contribution is 2.25. The van der Waals surface area contributed by atoms with Crippen molar-refractivity contribution in [2.24, 2.45) is 35.5 Å². The highest BCUT2D eigenvalue weighted by atomic mass is 15.3. The molecule has 0 saturated carbocycles.